The predicted molar refractivity (Wildman–Crippen MR) is 65.4 cm³/mol. The third-order valence-electron chi connectivity index (χ3n) is 3.09. The van der Waals surface area contributed by atoms with Crippen LogP contribution in [0.15, 0.2) is 0 Å². The summed E-state index contributed by atoms with van der Waals surface area (Å²) in [7, 11) is 0. The summed E-state index contributed by atoms with van der Waals surface area (Å²) < 4.78 is 0. The Kier molecular flexibility index (Phi) is 3.26. The number of hydrogen-bond donors (Lipinski definition) is 1. The molecule has 1 atom stereocenters. The SMILES string of the molecule is CCc1nc(N2CCCC2C)sc1CN. The summed E-state index contributed by atoms with van der Waals surface area (Å²) in [4.78, 5) is 8.37. The molecule has 1 unspecified atom stereocenters. The molecular formula is C11H19N3S. The molecule has 3 nitrogen and oxygen atoms in total. The Bertz CT molecular complexity index is 313. The van der Waals surface area contributed by atoms with Crippen LogP contribution < -0.4 is 10.6 Å². The van der Waals surface area contributed by atoms with Crippen LogP contribution >= 0.6 is 11.3 Å². The Morgan fingerprint density at radius 2 is 2.40 bits per heavy atom. The molecular weight excluding hydrogens is 206 g/mol. The second-order valence-electron chi connectivity index (χ2n) is 4.11. The number of nitrogens with two attached hydrogens (primary N) is 1. The largest absolute Gasteiger partial charge is 0.345 e. The number of anilines is 1. The van der Waals surface area contributed by atoms with Gasteiger partial charge in [0.05, 0.1) is 5.69 Å². The lowest BCUT2D eigenvalue weighted by Gasteiger charge is -2.19. The molecule has 0 spiro atoms. The first kappa shape index (κ1) is 10.9. The smallest absolute Gasteiger partial charge is 0.186 e. The minimum atomic E-state index is 0.628. The van der Waals surface area contributed by atoms with Gasteiger partial charge < -0.3 is 10.6 Å². The molecule has 4 heteroatoms. The van der Waals surface area contributed by atoms with Gasteiger partial charge >= 0.3 is 0 Å². The number of aromatic nitrogens is 1. The van der Waals surface area contributed by atoms with Crippen molar-refractivity contribution in [2.24, 2.45) is 5.73 Å². The van der Waals surface area contributed by atoms with Crippen molar-refractivity contribution in [1.29, 1.82) is 0 Å². The van der Waals surface area contributed by atoms with Crippen molar-refractivity contribution >= 4 is 16.5 Å². The standard InChI is InChI=1S/C11H19N3S/c1-3-9-10(7-12)15-11(13-9)14-6-4-5-8(14)2/h8H,3-7,12H2,1-2H3. The van der Waals surface area contributed by atoms with Crippen molar-refractivity contribution in [3.05, 3.63) is 10.6 Å². The maximum Gasteiger partial charge on any atom is 0.186 e. The van der Waals surface area contributed by atoms with Crippen LogP contribution in [0.4, 0.5) is 5.13 Å². The van der Waals surface area contributed by atoms with Gasteiger partial charge in [-0.25, -0.2) is 4.98 Å². The maximum absolute atomic E-state index is 5.72. The molecule has 0 radical (unpaired) electrons. The molecule has 2 N–H and O–H groups in total. The molecule has 0 amide bonds. The summed E-state index contributed by atoms with van der Waals surface area (Å²) in [6.45, 7) is 6.21. The van der Waals surface area contributed by atoms with Crippen LogP contribution in [0.1, 0.15) is 37.3 Å². The van der Waals surface area contributed by atoms with Crippen LogP contribution in [0.25, 0.3) is 0 Å². The molecule has 1 aromatic rings. The van der Waals surface area contributed by atoms with Gasteiger partial charge in [0.15, 0.2) is 5.13 Å². The summed E-state index contributed by atoms with van der Waals surface area (Å²) in [5.74, 6) is 0. The van der Waals surface area contributed by atoms with Crippen molar-refractivity contribution in [3.63, 3.8) is 0 Å². The molecule has 2 heterocycles. The lowest BCUT2D eigenvalue weighted by molar-refractivity contribution is 0.731. The van der Waals surface area contributed by atoms with Gasteiger partial charge in [0, 0.05) is 24.0 Å². The Morgan fingerprint density at radius 3 is 2.87 bits per heavy atom. The molecule has 0 saturated carbocycles. The van der Waals surface area contributed by atoms with Gasteiger partial charge in [-0.1, -0.05) is 6.92 Å². The average molecular weight is 225 g/mol. The zero-order valence-corrected chi connectivity index (χ0v) is 10.3. The zero-order chi connectivity index (χ0) is 10.8. The summed E-state index contributed by atoms with van der Waals surface area (Å²) >= 11 is 1.77. The zero-order valence-electron chi connectivity index (χ0n) is 9.49. The summed E-state index contributed by atoms with van der Waals surface area (Å²) in [6, 6.07) is 0.645. The maximum atomic E-state index is 5.72. The highest BCUT2D eigenvalue weighted by Crippen LogP contribution is 2.31. The molecule has 1 aliphatic rings. The van der Waals surface area contributed by atoms with Crippen LogP contribution in [-0.4, -0.2) is 17.6 Å². The first-order chi connectivity index (χ1) is 7.26. The van der Waals surface area contributed by atoms with Crippen LogP contribution in [0.2, 0.25) is 0 Å². The Morgan fingerprint density at radius 1 is 1.60 bits per heavy atom. The quantitative estimate of drug-likeness (QED) is 0.857. The van der Waals surface area contributed by atoms with E-state index in [9.17, 15) is 0 Å². The number of aryl methyl sites for hydroxylation is 1. The van der Waals surface area contributed by atoms with Crippen molar-refractivity contribution in [2.45, 2.75) is 45.7 Å². The van der Waals surface area contributed by atoms with Gasteiger partial charge in [-0.2, -0.15) is 0 Å². The molecule has 15 heavy (non-hydrogen) atoms. The van der Waals surface area contributed by atoms with E-state index >= 15 is 0 Å². The highest BCUT2D eigenvalue weighted by Gasteiger charge is 2.23. The van der Waals surface area contributed by atoms with Gasteiger partial charge in [0.1, 0.15) is 0 Å². The van der Waals surface area contributed by atoms with Gasteiger partial charge in [0.2, 0.25) is 0 Å². The van der Waals surface area contributed by atoms with E-state index in [4.69, 9.17) is 10.7 Å². The van der Waals surface area contributed by atoms with E-state index in [1.54, 1.807) is 11.3 Å². The number of hydrogen-bond acceptors (Lipinski definition) is 4. The number of rotatable bonds is 3. The van der Waals surface area contributed by atoms with E-state index in [1.165, 1.54) is 28.5 Å². The second kappa shape index (κ2) is 4.49. The molecule has 1 aromatic heterocycles. The average Bonchev–Trinajstić information content (AvgIpc) is 2.82. The molecule has 0 aliphatic carbocycles. The van der Waals surface area contributed by atoms with Crippen molar-refractivity contribution < 1.29 is 0 Å². The van der Waals surface area contributed by atoms with E-state index in [0.29, 0.717) is 12.6 Å². The first-order valence-electron chi connectivity index (χ1n) is 5.71. The van der Waals surface area contributed by atoms with Crippen LogP contribution in [-0.2, 0) is 13.0 Å². The highest BCUT2D eigenvalue weighted by atomic mass is 32.1. The molecule has 84 valence electrons. The van der Waals surface area contributed by atoms with Gasteiger partial charge in [-0.3, -0.25) is 0 Å². The molecule has 0 aromatic carbocycles. The Balaban J connectivity index is 2.24. The minimum absolute atomic E-state index is 0.628. The van der Waals surface area contributed by atoms with E-state index < -0.39 is 0 Å². The van der Waals surface area contributed by atoms with Crippen molar-refractivity contribution in [1.82, 2.24) is 4.98 Å². The van der Waals surface area contributed by atoms with E-state index in [1.807, 2.05) is 0 Å². The monoisotopic (exact) mass is 225 g/mol. The van der Waals surface area contributed by atoms with E-state index in [-0.39, 0.29) is 0 Å². The predicted octanol–water partition coefficient (Wildman–Crippen LogP) is 2.15. The van der Waals surface area contributed by atoms with Crippen LogP contribution in [0.3, 0.4) is 0 Å². The molecule has 2 rings (SSSR count). The van der Waals surface area contributed by atoms with Gasteiger partial charge in [0.25, 0.3) is 0 Å². The first-order valence-corrected chi connectivity index (χ1v) is 6.53. The highest BCUT2D eigenvalue weighted by molar-refractivity contribution is 7.15. The lowest BCUT2D eigenvalue weighted by Crippen LogP contribution is -2.25. The second-order valence-corrected chi connectivity index (χ2v) is 5.17. The fourth-order valence-electron chi connectivity index (χ4n) is 2.15. The number of nitrogens with zero attached hydrogens (tertiary/aromatic N) is 2. The van der Waals surface area contributed by atoms with E-state index in [2.05, 4.69) is 18.7 Å². The third kappa shape index (κ3) is 2.01. The van der Waals surface area contributed by atoms with Gasteiger partial charge in [-0.15, -0.1) is 11.3 Å². The molecule has 1 aliphatic heterocycles. The van der Waals surface area contributed by atoms with Crippen molar-refractivity contribution in [2.75, 3.05) is 11.4 Å². The fourth-order valence-corrected chi connectivity index (χ4v) is 3.30. The Hall–Kier alpha value is -0.610. The fraction of sp³-hybridized carbons (Fsp3) is 0.727. The summed E-state index contributed by atoms with van der Waals surface area (Å²) in [5.41, 5.74) is 6.92. The minimum Gasteiger partial charge on any atom is -0.345 e. The normalized spacial score (nSPS) is 21.3. The van der Waals surface area contributed by atoms with Crippen LogP contribution in [0, 0.1) is 0 Å². The van der Waals surface area contributed by atoms with Crippen molar-refractivity contribution in [3.8, 4) is 0 Å². The molecule has 1 saturated heterocycles. The molecule has 1 fully saturated rings. The van der Waals surface area contributed by atoms with Crippen LogP contribution in [0.5, 0.6) is 0 Å². The topological polar surface area (TPSA) is 42.2 Å². The number of thiazole rings is 1. The Labute approximate surface area is 95.3 Å². The third-order valence-corrected chi connectivity index (χ3v) is 4.24. The molecule has 0 bridgehead atoms. The van der Waals surface area contributed by atoms with E-state index in [0.717, 1.165) is 13.0 Å². The lowest BCUT2D eigenvalue weighted by atomic mass is 10.2. The summed E-state index contributed by atoms with van der Waals surface area (Å²) in [6.07, 6.45) is 3.57. The summed E-state index contributed by atoms with van der Waals surface area (Å²) in [5, 5.41) is 1.18. The van der Waals surface area contributed by atoms with Gasteiger partial charge in [-0.05, 0) is 26.2 Å².